The molecule has 3 heteroatoms. The second-order valence-electron chi connectivity index (χ2n) is 2.00. The maximum atomic E-state index is 8.96. The highest BCUT2D eigenvalue weighted by atomic mass is 16.3. The minimum Gasteiger partial charge on any atom is -0.509 e. The summed E-state index contributed by atoms with van der Waals surface area (Å²) in [5, 5.41) is 11.8. The number of nitrogens with one attached hydrogen (secondary N) is 1. The van der Waals surface area contributed by atoms with Gasteiger partial charge in [-0.05, 0) is 6.92 Å². The summed E-state index contributed by atoms with van der Waals surface area (Å²) in [6, 6.07) is 0. The van der Waals surface area contributed by atoms with Crippen molar-refractivity contribution in [3.05, 3.63) is 24.0 Å². The van der Waals surface area contributed by atoms with Gasteiger partial charge in [0.2, 0.25) is 0 Å². The smallest absolute Gasteiger partial charge is 0.148 e. The molecule has 0 atom stereocenters. The van der Waals surface area contributed by atoms with Gasteiger partial charge in [-0.15, -0.1) is 0 Å². The van der Waals surface area contributed by atoms with Gasteiger partial charge in [-0.3, -0.25) is 0 Å². The van der Waals surface area contributed by atoms with Crippen molar-refractivity contribution in [1.29, 1.82) is 0 Å². The molecule has 9 heavy (non-hydrogen) atoms. The Bertz CT molecular complexity index is 168. The first-order chi connectivity index (χ1) is 4.22. The van der Waals surface area contributed by atoms with Crippen molar-refractivity contribution in [2.45, 2.75) is 6.92 Å². The van der Waals surface area contributed by atoms with Gasteiger partial charge in [0.25, 0.3) is 0 Å². The lowest BCUT2D eigenvalue weighted by atomic mass is 10.5. The van der Waals surface area contributed by atoms with Gasteiger partial charge in [0.15, 0.2) is 0 Å². The summed E-state index contributed by atoms with van der Waals surface area (Å²) < 4.78 is 0. The van der Waals surface area contributed by atoms with Crippen LogP contribution in [-0.4, -0.2) is 17.1 Å². The van der Waals surface area contributed by atoms with Crippen LogP contribution in [0.25, 0.3) is 0 Å². The van der Waals surface area contributed by atoms with Crippen molar-refractivity contribution in [3.63, 3.8) is 0 Å². The Hall–Kier alpha value is -1.12. The summed E-state index contributed by atoms with van der Waals surface area (Å²) in [6.45, 7) is 1.64. The number of aliphatic hydroxyl groups excluding tert-OH is 1. The van der Waals surface area contributed by atoms with E-state index in [1.54, 1.807) is 13.1 Å². The molecule has 0 spiro atoms. The molecule has 50 valence electrons. The molecular formula is C6H10N2O. The second-order valence-corrected chi connectivity index (χ2v) is 2.00. The standard InChI is InChI=1S/C6H10N2O/c1-5(9)6-7-3-4-8(6)2/h3-4,7,9H,1-2H3/b6-5+. The summed E-state index contributed by atoms with van der Waals surface area (Å²) in [7, 11) is 1.87. The molecule has 0 aromatic rings. The summed E-state index contributed by atoms with van der Waals surface area (Å²) in [6.07, 6.45) is 3.62. The van der Waals surface area contributed by atoms with Crippen molar-refractivity contribution < 1.29 is 5.11 Å². The van der Waals surface area contributed by atoms with E-state index in [1.807, 2.05) is 18.1 Å². The highest BCUT2D eigenvalue weighted by molar-refractivity contribution is 5.13. The van der Waals surface area contributed by atoms with Gasteiger partial charge < -0.3 is 15.3 Å². The molecule has 0 aromatic heterocycles. The van der Waals surface area contributed by atoms with Gasteiger partial charge in [-0.2, -0.15) is 0 Å². The summed E-state index contributed by atoms with van der Waals surface area (Å²) in [4.78, 5) is 1.81. The molecule has 0 aromatic carbocycles. The van der Waals surface area contributed by atoms with Crippen molar-refractivity contribution in [1.82, 2.24) is 10.2 Å². The van der Waals surface area contributed by atoms with Crippen LogP contribution in [0.2, 0.25) is 0 Å². The van der Waals surface area contributed by atoms with Crippen LogP contribution in [0.3, 0.4) is 0 Å². The van der Waals surface area contributed by atoms with Crippen LogP contribution < -0.4 is 5.32 Å². The molecule has 0 saturated heterocycles. The fourth-order valence-electron chi connectivity index (χ4n) is 0.764. The Balaban J connectivity index is 2.77. The second kappa shape index (κ2) is 2.01. The molecule has 2 N–H and O–H groups in total. The molecule has 3 nitrogen and oxygen atoms in total. The monoisotopic (exact) mass is 126 g/mol. The molecule has 0 radical (unpaired) electrons. The predicted molar refractivity (Wildman–Crippen MR) is 35.4 cm³/mol. The largest absolute Gasteiger partial charge is 0.509 e. The van der Waals surface area contributed by atoms with Gasteiger partial charge in [0.05, 0.1) is 0 Å². The lowest BCUT2D eigenvalue weighted by Crippen LogP contribution is -2.15. The lowest BCUT2D eigenvalue weighted by molar-refractivity contribution is 0.378. The minimum atomic E-state index is 0.308. The van der Waals surface area contributed by atoms with E-state index in [4.69, 9.17) is 5.11 Å². The van der Waals surface area contributed by atoms with Crippen LogP contribution >= 0.6 is 0 Å². The molecule has 0 saturated carbocycles. The maximum Gasteiger partial charge on any atom is 0.148 e. The average Bonchev–Trinajstić information content (AvgIpc) is 2.13. The van der Waals surface area contributed by atoms with Crippen LogP contribution in [0.5, 0.6) is 0 Å². The first kappa shape index (κ1) is 6.01. The van der Waals surface area contributed by atoms with Crippen molar-refractivity contribution in [3.8, 4) is 0 Å². The van der Waals surface area contributed by atoms with Crippen molar-refractivity contribution in [2.24, 2.45) is 0 Å². The summed E-state index contributed by atoms with van der Waals surface area (Å²) >= 11 is 0. The first-order valence-corrected chi connectivity index (χ1v) is 2.77. The fourth-order valence-corrected chi connectivity index (χ4v) is 0.764. The number of rotatable bonds is 0. The van der Waals surface area contributed by atoms with E-state index < -0.39 is 0 Å². The number of hydrogen-bond donors (Lipinski definition) is 2. The highest BCUT2D eigenvalue weighted by Crippen LogP contribution is 2.07. The Morgan fingerprint density at radius 2 is 2.44 bits per heavy atom. The molecule has 0 bridgehead atoms. The Morgan fingerprint density at radius 1 is 1.78 bits per heavy atom. The molecule has 0 aliphatic carbocycles. The third kappa shape index (κ3) is 0.988. The van der Waals surface area contributed by atoms with E-state index in [2.05, 4.69) is 5.32 Å². The average molecular weight is 126 g/mol. The van der Waals surface area contributed by atoms with Crippen LogP contribution in [0, 0.1) is 0 Å². The number of aliphatic hydroxyl groups is 1. The molecule has 0 amide bonds. The first-order valence-electron chi connectivity index (χ1n) is 2.77. The topological polar surface area (TPSA) is 35.5 Å². The van der Waals surface area contributed by atoms with Crippen LogP contribution in [0.15, 0.2) is 24.0 Å². The van der Waals surface area contributed by atoms with Gasteiger partial charge in [0, 0.05) is 19.4 Å². The highest BCUT2D eigenvalue weighted by Gasteiger charge is 2.07. The third-order valence-corrected chi connectivity index (χ3v) is 1.21. The molecule has 1 rings (SSSR count). The van der Waals surface area contributed by atoms with Crippen molar-refractivity contribution >= 4 is 0 Å². The Kier molecular flexibility index (Phi) is 1.34. The Morgan fingerprint density at radius 3 is 2.67 bits per heavy atom. The summed E-state index contributed by atoms with van der Waals surface area (Å²) in [5.74, 6) is 1.05. The van der Waals surface area contributed by atoms with Crippen LogP contribution in [0.4, 0.5) is 0 Å². The van der Waals surface area contributed by atoms with E-state index in [1.165, 1.54) is 0 Å². The number of hydrogen-bond acceptors (Lipinski definition) is 3. The summed E-state index contributed by atoms with van der Waals surface area (Å²) in [5.41, 5.74) is 0. The number of nitrogens with zero attached hydrogens (tertiary/aromatic N) is 1. The maximum absolute atomic E-state index is 8.96. The van der Waals surface area contributed by atoms with Crippen molar-refractivity contribution in [2.75, 3.05) is 7.05 Å². The van der Waals surface area contributed by atoms with E-state index in [0.29, 0.717) is 5.76 Å². The van der Waals surface area contributed by atoms with E-state index in [-0.39, 0.29) is 0 Å². The van der Waals surface area contributed by atoms with Crippen LogP contribution in [-0.2, 0) is 0 Å². The minimum absolute atomic E-state index is 0.308. The molecule has 1 aliphatic rings. The van der Waals surface area contributed by atoms with E-state index in [9.17, 15) is 0 Å². The Labute approximate surface area is 54.3 Å². The van der Waals surface area contributed by atoms with Gasteiger partial charge in [0.1, 0.15) is 11.6 Å². The van der Waals surface area contributed by atoms with E-state index in [0.717, 1.165) is 5.82 Å². The SMILES string of the molecule is C/C(O)=C1/NC=CN1C. The lowest BCUT2D eigenvalue weighted by Gasteiger charge is -2.10. The zero-order valence-corrected chi connectivity index (χ0v) is 5.55. The number of allylic oxidation sites excluding steroid dienone is 1. The van der Waals surface area contributed by atoms with Gasteiger partial charge >= 0.3 is 0 Å². The molecule has 1 aliphatic heterocycles. The molecule has 0 unspecified atom stereocenters. The molecule has 0 fully saturated rings. The third-order valence-electron chi connectivity index (χ3n) is 1.21. The van der Waals surface area contributed by atoms with E-state index >= 15 is 0 Å². The van der Waals surface area contributed by atoms with Crippen LogP contribution in [0.1, 0.15) is 6.92 Å². The zero-order valence-electron chi connectivity index (χ0n) is 5.55. The zero-order chi connectivity index (χ0) is 6.85. The molecule has 1 heterocycles. The normalized spacial score (nSPS) is 22.2. The van der Waals surface area contributed by atoms with Gasteiger partial charge in [-0.25, -0.2) is 0 Å². The quantitative estimate of drug-likeness (QED) is 0.470. The predicted octanol–water partition coefficient (Wildman–Crippen LogP) is 0.740. The van der Waals surface area contributed by atoms with Gasteiger partial charge in [-0.1, -0.05) is 0 Å². The fraction of sp³-hybridized carbons (Fsp3) is 0.333. The molecular weight excluding hydrogens is 116 g/mol.